The summed E-state index contributed by atoms with van der Waals surface area (Å²) < 4.78 is 6.60. The number of carbonyl (C=O) groups is 2. The molecule has 32 heavy (non-hydrogen) atoms. The minimum Gasteiger partial charge on any atom is -0.462 e. The van der Waals surface area contributed by atoms with Crippen molar-refractivity contribution in [2.24, 2.45) is 0 Å². The zero-order valence-electron chi connectivity index (χ0n) is 17.7. The average Bonchev–Trinajstić information content (AvgIpc) is 3.14. The van der Waals surface area contributed by atoms with Crippen molar-refractivity contribution in [3.63, 3.8) is 0 Å². The van der Waals surface area contributed by atoms with Crippen LogP contribution in [-0.4, -0.2) is 33.2 Å². The first-order valence-corrected chi connectivity index (χ1v) is 11.5. The molecule has 2 aromatic carbocycles. The Labute approximate surface area is 195 Å². The maximum absolute atomic E-state index is 13.0. The van der Waals surface area contributed by atoms with Crippen LogP contribution in [0.3, 0.4) is 0 Å². The highest BCUT2D eigenvalue weighted by atomic mass is 35.5. The number of aromatic nitrogens is 3. The number of ether oxygens (including phenoxy) is 1. The Kier molecular flexibility index (Phi) is 8.13. The second kappa shape index (κ2) is 11.0. The van der Waals surface area contributed by atoms with Gasteiger partial charge in [-0.2, -0.15) is 0 Å². The van der Waals surface area contributed by atoms with Crippen molar-refractivity contribution in [2.75, 3.05) is 17.7 Å². The van der Waals surface area contributed by atoms with Gasteiger partial charge in [0, 0.05) is 16.5 Å². The lowest BCUT2D eigenvalue weighted by atomic mass is 10.1. The van der Waals surface area contributed by atoms with Crippen LogP contribution in [0.1, 0.15) is 42.2 Å². The van der Waals surface area contributed by atoms with E-state index in [0.29, 0.717) is 40.2 Å². The molecular weight excluding hydrogens is 450 g/mol. The van der Waals surface area contributed by atoms with Crippen molar-refractivity contribution in [1.29, 1.82) is 0 Å². The number of anilines is 2. The lowest BCUT2D eigenvalue weighted by molar-refractivity contribution is -0.119. The van der Waals surface area contributed by atoms with Crippen LogP contribution in [0.15, 0.2) is 53.7 Å². The molecule has 10 heteroatoms. The molecule has 0 saturated carbocycles. The summed E-state index contributed by atoms with van der Waals surface area (Å²) in [6.07, 6.45) is 0.481. The van der Waals surface area contributed by atoms with Crippen molar-refractivity contribution in [3.05, 3.63) is 64.7 Å². The monoisotopic (exact) mass is 473 g/mol. The molecular formula is C22H24ClN5O3S. The molecule has 3 rings (SSSR count). The third kappa shape index (κ3) is 5.60. The van der Waals surface area contributed by atoms with Gasteiger partial charge in [-0.25, -0.2) is 4.79 Å². The van der Waals surface area contributed by atoms with Crippen LogP contribution in [0.4, 0.5) is 11.6 Å². The molecule has 0 aliphatic rings. The Balaban J connectivity index is 1.73. The first-order valence-electron chi connectivity index (χ1n) is 10.1. The number of nitrogen functional groups attached to an aromatic ring is 1. The summed E-state index contributed by atoms with van der Waals surface area (Å²) >= 11 is 7.65. The number of hydrogen-bond acceptors (Lipinski definition) is 7. The lowest BCUT2D eigenvalue weighted by Crippen LogP contribution is -2.27. The fourth-order valence-corrected chi connectivity index (χ4v) is 4.33. The molecule has 8 nitrogen and oxygen atoms in total. The van der Waals surface area contributed by atoms with Gasteiger partial charge in [0.1, 0.15) is 6.04 Å². The summed E-state index contributed by atoms with van der Waals surface area (Å²) in [5, 5.41) is 12.2. The lowest BCUT2D eigenvalue weighted by Gasteiger charge is -2.19. The van der Waals surface area contributed by atoms with Crippen LogP contribution in [0, 0.1) is 0 Å². The molecule has 0 fully saturated rings. The fourth-order valence-electron chi connectivity index (χ4n) is 3.05. The number of esters is 1. The van der Waals surface area contributed by atoms with E-state index in [1.165, 1.54) is 11.8 Å². The topological polar surface area (TPSA) is 112 Å². The number of thioether (sulfide) groups is 1. The summed E-state index contributed by atoms with van der Waals surface area (Å²) in [5.74, 6) is 0.0496. The maximum Gasteiger partial charge on any atom is 0.338 e. The van der Waals surface area contributed by atoms with Crippen molar-refractivity contribution in [3.8, 4) is 0 Å². The molecule has 0 aliphatic heterocycles. The van der Waals surface area contributed by atoms with Crippen molar-refractivity contribution in [2.45, 2.75) is 37.2 Å². The normalized spacial score (nSPS) is 11.7. The Morgan fingerprint density at radius 1 is 1.16 bits per heavy atom. The van der Waals surface area contributed by atoms with Gasteiger partial charge >= 0.3 is 5.97 Å². The predicted octanol–water partition coefficient (Wildman–Crippen LogP) is 4.57. The van der Waals surface area contributed by atoms with Gasteiger partial charge in [0.25, 0.3) is 0 Å². The van der Waals surface area contributed by atoms with Crippen LogP contribution < -0.4 is 11.1 Å². The molecule has 1 heterocycles. The SMILES string of the molecule is CCOC(=O)c1ccc(NC(=O)C(CC)n2c(N)nnc2SCc2ccccc2Cl)cc1. The molecule has 0 radical (unpaired) electrons. The summed E-state index contributed by atoms with van der Waals surface area (Å²) in [5.41, 5.74) is 7.97. The number of nitrogens with zero attached hydrogens (tertiary/aromatic N) is 3. The second-order valence-electron chi connectivity index (χ2n) is 6.80. The molecule has 1 aromatic heterocycles. The van der Waals surface area contributed by atoms with Gasteiger partial charge in [-0.15, -0.1) is 10.2 Å². The quantitative estimate of drug-likeness (QED) is 0.345. The summed E-state index contributed by atoms with van der Waals surface area (Å²) in [6.45, 7) is 3.93. The van der Waals surface area contributed by atoms with E-state index in [9.17, 15) is 9.59 Å². The minimum absolute atomic E-state index is 0.159. The number of nitrogens with two attached hydrogens (primary N) is 1. The third-order valence-electron chi connectivity index (χ3n) is 4.67. The number of hydrogen-bond donors (Lipinski definition) is 2. The number of nitrogens with one attached hydrogen (secondary N) is 1. The number of carbonyl (C=O) groups excluding carboxylic acids is 2. The van der Waals surface area contributed by atoms with Crippen LogP contribution in [0.2, 0.25) is 5.02 Å². The van der Waals surface area contributed by atoms with Gasteiger partial charge in [-0.3, -0.25) is 9.36 Å². The molecule has 0 aliphatic carbocycles. The summed E-state index contributed by atoms with van der Waals surface area (Å²) in [7, 11) is 0. The van der Waals surface area contributed by atoms with Gasteiger partial charge in [0.2, 0.25) is 11.9 Å². The third-order valence-corrected chi connectivity index (χ3v) is 6.03. The molecule has 1 unspecified atom stereocenters. The van der Waals surface area contributed by atoms with Crippen LogP contribution in [0.25, 0.3) is 0 Å². The first kappa shape index (κ1) is 23.6. The van der Waals surface area contributed by atoms with Crippen molar-refractivity contribution >= 4 is 46.9 Å². The van der Waals surface area contributed by atoms with Gasteiger partial charge < -0.3 is 15.8 Å². The van der Waals surface area contributed by atoms with Crippen LogP contribution in [-0.2, 0) is 15.3 Å². The zero-order valence-corrected chi connectivity index (χ0v) is 19.3. The average molecular weight is 474 g/mol. The van der Waals surface area contributed by atoms with Gasteiger partial charge in [0.15, 0.2) is 5.16 Å². The standard InChI is InChI=1S/C22H24ClN5O3S/c1-3-18(19(29)25-16-11-9-14(10-12-16)20(30)31-4-2)28-21(24)26-27-22(28)32-13-15-7-5-6-8-17(15)23/h5-12,18H,3-4,13H2,1-2H3,(H2,24,26)(H,25,29). The minimum atomic E-state index is -0.608. The van der Waals surface area contributed by atoms with E-state index in [2.05, 4.69) is 15.5 Å². The molecule has 0 bridgehead atoms. The van der Waals surface area contributed by atoms with E-state index >= 15 is 0 Å². The van der Waals surface area contributed by atoms with E-state index in [1.807, 2.05) is 31.2 Å². The van der Waals surface area contributed by atoms with Gasteiger partial charge in [0.05, 0.1) is 12.2 Å². The Morgan fingerprint density at radius 3 is 2.53 bits per heavy atom. The second-order valence-corrected chi connectivity index (χ2v) is 8.15. The Hall–Kier alpha value is -3.04. The van der Waals surface area contributed by atoms with E-state index in [4.69, 9.17) is 22.1 Å². The largest absolute Gasteiger partial charge is 0.462 e. The maximum atomic E-state index is 13.0. The summed E-state index contributed by atoms with van der Waals surface area (Å²) in [6, 6.07) is 13.4. The van der Waals surface area contributed by atoms with Crippen molar-refractivity contribution in [1.82, 2.24) is 14.8 Å². The summed E-state index contributed by atoms with van der Waals surface area (Å²) in [4.78, 5) is 24.8. The molecule has 3 aromatic rings. The molecule has 0 saturated heterocycles. The molecule has 1 atom stereocenters. The fraction of sp³-hybridized carbons (Fsp3) is 0.273. The highest BCUT2D eigenvalue weighted by Gasteiger charge is 2.25. The van der Waals surface area contributed by atoms with E-state index < -0.39 is 12.0 Å². The predicted molar refractivity (Wildman–Crippen MR) is 126 cm³/mol. The first-order chi connectivity index (χ1) is 15.4. The van der Waals surface area contributed by atoms with E-state index in [1.54, 1.807) is 35.8 Å². The number of benzene rings is 2. The van der Waals surface area contributed by atoms with Gasteiger partial charge in [-0.1, -0.05) is 48.5 Å². The van der Waals surface area contributed by atoms with Crippen LogP contribution >= 0.6 is 23.4 Å². The number of amides is 1. The van der Waals surface area contributed by atoms with Crippen molar-refractivity contribution < 1.29 is 14.3 Å². The van der Waals surface area contributed by atoms with E-state index in [-0.39, 0.29) is 11.9 Å². The molecule has 1 amide bonds. The molecule has 3 N–H and O–H groups in total. The number of halogens is 1. The Bertz CT molecular complexity index is 1090. The number of rotatable bonds is 9. The highest BCUT2D eigenvalue weighted by Crippen LogP contribution is 2.30. The highest BCUT2D eigenvalue weighted by molar-refractivity contribution is 7.98. The zero-order chi connectivity index (χ0) is 23.1. The van der Waals surface area contributed by atoms with E-state index in [0.717, 1.165) is 5.56 Å². The van der Waals surface area contributed by atoms with Gasteiger partial charge in [-0.05, 0) is 49.2 Å². The van der Waals surface area contributed by atoms with Crippen LogP contribution in [0.5, 0.6) is 0 Å². The Morgan fingerprint density at radius 2 is 1.88 bits per heavy atom. The molecule has 0 spiro atoms. The molecule has 168 valence electrons. The smallest absolute Gasteiger partial charge is 0.338 e.